The smallest absolute Gasteiger partial charge is 0.159 e. The van der Waals surface area contributed by atoms with Crippen molar-refractivity contribution in [1.29, 1.82) is 0 Å². The van der Waals surface area contributed by atoms with E-state index in [1.165, 1.54) is 18.5 Å². The maximum atomic E-state index is 13.1. The van der Waals surface area contributed by atoms with Gasteiger partial charge in [-0.05, 0) is 17.7 Å². The van der Waals surface area contributed by atoms with Crippen LogP contribution in [0.15, 0.2) is 24.5 Å². The van der Waals surface area contributed by atoms with Gasteiger partial charge >= 0.3 is 0 Å². The summed E-state index contributed by atoms with van der Waals surface area (Å²) in [6.45, 7) is 2.19. The minimum absolute atomic E-state index is 0.346. The molecule has 20 heavy (non-hydrogen) atoms. The third-order valence-electron chi connectivity index (χ3n) is 2.78. The summed E-state index contributed by atoms with van der Waals surface area (Å²) in [7, 11) is 1.63. The highest BCUT2D eigenvalue weighted by Crippen LogP contribution is 2.10. The molecule has 108 valence electrons. The number of hydrogen-bond acceptors (Lipinski definition) is 4. The Morgan fingerprint density at radius 3 is 2.90 bits per heavy atom. The van der Waals surface area contributed by atoms with Gasteiger partial charge in [-0.2, -0.15) is 5.10 Å². The molecule has 0 saturated heterocycles. The molecule has 0 fully saturated rings. The second-order valence-corrected chi connectivity index (χ2v) is 4.25. The van der Waals surface area contributed by atoms with Crippen LogP contribution in [-0.2, 0) is 17.8 Å². The lowest BCUT2D eigenvalue weighted by Crippen LogP contribution is -2.21. The van der Waals surface area contributed by atoms with E-state index in [-0.39, 0.29) is 0 Å². The Morgan fingerprint density at radius 1 is 1.30 bits per heavy atom. The summed E-state index contributed by atoms with van der Waals surface area (Å²) in [6, 6.07) is 3.81. The number of benzene rings is 1. The first kappa shape index (κ1) is 14.5. The number of halogens is 2. The highest BCUT2D eigenvalue weighted by molar-refractivity contribution is 5.18. The first-order chi connectivity index (χ1) is 9.70. The fourth-order valence-electron chi connectivity index (χ4n) is 1.74. The molecule has 1 aromatic carbocycles. The quantitative estimate of drug-likeness (QED) is 0.779. The highest BCUT2D eigenvalue weighted by atomic mass is 19.2. The largest absolute Gasteiger partial charge is 0.383 e. The third kappa shape index (κ3) is 3.82. The Bertz CT molecular complexity index is 559. The summed E-state index contributed by atoms with van der Waals surface area (Å²) in [5, 5.41) is 7.23. The summed E-state index contributed by atoms with van der Waals surface area (Å²) in [4.78, 5) is 4.13. The molecule has 0 aliphatic rings. The Balaban J connectivity index is 1.99. The molecule has 1 N–H and O–H groups in total. The van der Waals surface area contributed by atoms with Gasteiger partial charge < -0.3 is 10.1 Å². The van der Waals surface area contributed by atoms with Gasteiger partial charge in [-0.3, -0.25) is 0 Å². The van der Waals surface area contributed by atoms with Crippen LogP contribution >= 0.6 is 0 Å². The molecule has 0 atom stereocenters. The standard InChI is InChI=1S/C13H16F2N4O/c1-20-5-4-16-7-13-17-9-18-19(13)8-10-2-3-11(14)12(15)6-10/h2-3,6,9,16H,4-5,7-8H2,1H3. The molecule has 0 aliphatic heterocycles. The number of ether oxygens (including phenoxy) is 1. The average Bonchev–Trinajstić information content (AvgIpc) is 2.86. The van der Waals surface area contributed by atoms with Crippen LogP contribution in [0.4, 0.5) is 8.78 Å². The van der Waals surface area contributed by atoms with Gasteiger partial charge in [-0.15, -0.1) is 0 Å². The van der Waals surface area contributed by atoms with Crippen molar-refractivity contribution in [3.63, 3.8) is 0 Å². The molecule has 0 bridgehead atoms. The zero-order chi connectivity index (χ0) is 14.4. The van der Waals surface area contributed by atoms with Gasteiger partial charge in [0.05, 0.1) is 19.7 Å². The van der Waals surface area contributed by atoms with E-state index in [4.69, 9.17) is 4.74 Å². The van der Waals surface area contributed by atoms with Crippen molar-refractivity contribution in [2.45, 2.75) is 13.1 Å². The Kier molecular flexibility index (Phi) is 5.14. The lowest BCUT2D eigenvalue weighted by Gasteiger charge is -2.07. The molecule has 0 aliphatic carbocycles. The van der Waals surface area contributed by atoms with Crippen molar-refractivity contribution in [2.75, 3.05) is 20.3 Å². The molecule has 7 heteroatoms. The van der Waals surface area contributed by atoms with E-state index >= 15 is 0 Å². The summed E-state index contributed by atoms with van der Waals surface area (Å²) < 4.78 is 32.6. The number of rotatable bonds is 7. The predicted octanol–water partition coefficient (Wildman–Crippen LogP) is 1.34. The van der Waals surface area contributed by atoms with Gasteiger partial charge in [0.15, 0.2) is 11.6 Å². The van der Waals surface area contributed by atoms with Crippen molar-refractivity contribution in [2.24, 2.45) is 0 Å². The van der Waals surface area contributed by atoms with Crippen LogP contribution in [0.5, 0.6) is 0 Å². The third-order valence-corrected chi connectivity index (χ3v) is 2.78. The number of aromatic nitrogens is 3. The zero-order valence-electron chi connectivity index (χ0n) is 11.1. The van der Waals surface area contributed by atoms with Gasteiger partial charge in [-0.1, -0.05) is 6.07 Å². The van der Waals surface area contributed by atoms with E-state index in [2.05, 4.69) is 15.4 Å². The Morgan fingerprint density at radius 2 is 2.15 bits per heavy atom. The average molecular weight is 282 g/mol. The van der Waals surface area contributed by atoms with Crippen LogP contribution in [0.3, 0.4) is 0 Å². The van der Waals surface area contributed by atoms with Crippen molar-refractivity contribution in [3.05, 3.63) is 47.5 Å². The predicted molar refractivity (Wildman–Crippen MR) is 69.1 cm³/mol. The van der Waals surface area contributed by atoms with E-state index in [1.54, 1.807) is 11.8 Å². The molecule has 0 radical (unpaired) electrons. The maximum absolute atomic E-state index is 13.1. The lowest BCUT2D eigenvalue weighted by atomic mass is 10.2. The number of nitrogens with one attached hydrogen (secondary N) is 1. The molecule has 0 amide bonds. The van der Waals surface area contributed by atoms with E-state index in [1.807, 2.05) is 0 Å². The molecule has 2 rings (SSSR count). The minimum atomic E-state index is -0.859. The molecule has 2 aromatic rings. The van der Waals surface area contributed by atoms with Crippen molar-refractivity contribution in [1.82, 2.24) is 20.1 Å². The van der Waals surface area contributed by atoms with Crippen LogP contribution in [0, 0.1) is 11.6 Å². The SMILES string of the molecule is COCCNCc1ncnn1Cc1ccc(F)c(F)c1. The summed E-state index contributed by atoms with van der Waals surface area (Å²) >= 11 is 0. The van der Waals surface area contributed by atoms with E-state index in [9.17, 15) is 8.78 Å². The molecule has 1 aromatic heterocycles. The molecular weight excluding hydrogens is 266 g/mol. The van der Waals surface area contributed by atoms with Crippen LogP contribution in [-0.4, -0.2) is 35.0 Å². The molecule has 5 nitrogen and oxygen atoms in total. The van der Waals surface area contributed by atoms with Gasteiger partial charge in [0.25, 0.3) is 0 Å². The fraction of sp³-hybridized carbons (Fsp3) is 0.385. The van der Waals surface area contributed by atoms with Crippen molar-refractivity contribution < 1.29 is 13.5 Å². The normalized spacial score (nSPS) is 10.9. The zero-order valence-corrected chi connectivity index (χ0v) is 11.1. The monoisotopic (exact) mass is 282 g/mol. The maximum Gasteiger partial charge on any atom is 0.159 e. The van der Waals surface area contributed by atoms with Gasteiger partial charge in [0.1, 0.15) is 12.2 Å². The summed E-state index contributed by atoms with van der Waals surface area (Å²) in [5.41, 5.74) is 0.632. The lowest BCUT2D eigenvalue weighted by molar-refractivity contribution is 0.198. The molecule has 0 spiro atoms. The minimum Gasteiger partial charge on any atom is -0.383 e. The first-order valence-electron chi connectivity index (χ1n) is 6.21. The summed E-state index contributed by atoms with van der Waals surface area (Å²) in [6.07, 6.45) is 1.44. The molecular formula is C13H16F2N4O. The molecule has 0 unspecified atom stereocenters. The second kappa shape index (κ2) is 7.06. The van der Waals surface area contributed by atoms with E-state index in [0.717, 1.165) is 11.9 Å². The van der Waals surface area contributed by atoms with Gasteiger partial charge in [-0.25, -0.2) is 18.4 Å². The molecule has 1 heterocycles. The van der Waals surface area contributed by atoms with Crippen molar-refractivity contribution in [3.8, 4) is 0 Å². The number of methoxy groups -OCH3 is 1. The topological polar surface area (TPSA) is 52.0 Å². The van der Waals surface area contributed by atoms with E-state index < -0.39 is 11.6 Å². The number of hydrogen-bond donors (Lipinski definition) is 1. The van der Waals surface area contributed by atoms with Crippen LogP contribution in [0.2, 0.25) is 0 Å². The summed E-state index contributed by atoms with van der Waals surface area (Å²) in [5.74, 6) is -0.984. The number of nitrogens with zero attached hydrogens (tertiary/aromatic N) is 3. The first-order valence-corrected chi connectivity index (χ1v) is 6.21. The Hall–Kier alpha value is -1.86. The highest BCUT2D eigenvalue weighted by Gasteiger charge is 2.07. The Labute approximate surface area is 115 Å². The van der Waals surface area contributed by atoms with Gasteiger partial charge in [0, 0.05) is 13.7 Å². The van der Waals surface area contributed by atoms with Crippen molar-refractivity contribution >= 4 is 0 Å². The van der Waals surface area contributed by atoms with Crippen LogP contribution in [0.25, 0.3) is 0 Å². The van der Waals surface area contributed by atoms with Crippen LogP contribution in [0.1, 0.15) is 11.4 Å². The van der Waals surface area contributed by atoms with Crippen LogP contribution < -0.4 is 5.32 Å². The molecule has 0 saturated carbocycles. The fourth-order valence-corrected chi connectivity index (χ4v) is 1.74. The van der Waals surface area contributed by atoms with Gasteiger partial charge in [0.2, 0.25) is 0 Å². The van der Waals surface area contributed by atoms with E-state index in [0.29, 0.717) is 31.8 Å². The second-order valence-electron chi connectivity index (χ2n) is 4.25.